The monoisotopic (exact) mass is 205 g/mol. The lowest BCUT2D eigenvalue weighted by Crippen LogP contribution is -2.04. The molecule has 0 bridgehead atoms. The van der Waals surface area contributed by atoms with Crippen molar-refractivity contribution in [3.8, 4) is 6.07 Å². The van der Waals surface area contributed by atoms with E-state index in [1.165, 1.54) is 4.90 Å². The zero-order valence-corrected chi connectivity index (χ0v) is 9.64. The SMILES string of the molecule is CC(C)C(C)Sc1cccc(C#N)c1. The van der Waals surface area contributed by atoms with Gasteiger partial charge in [0, 0.05) is 10.1 Å². The molecule has 1 nitrogen and oxygen atoms in total. The molecule has 1 aromatic carbocycles. The van der Waals surface area contributed by atoms with Gasteiger partial charge in [-0.3, -0.25) is 0 Å². The zero-order chi connectivity index (χ0) is 10.6. The van der Waals surface area contributed by atoms with Gasteiger partial charge in [-0.25, -0.2) is 0 Å². The summed E-state index contributed by atoms with van der Waals surface area (Å²) in [5, 5.41) is 9.33. The average Bonchev–Trinajstić information content (AvgIpc) is 2.18. The van der Waals surface area contributed by atoms with E-state index in [0.29, 0.717) is 11.2 Å². The van der Waals surface area contributed by atoms with Gasteiger partial charge in [0.25, 0.3) is 0 Å². The summed E-state index contributed by atoms with van der Waals surface area (Å²) in [6, 6.07) is 9.94. The number of rotatable bonds is 3. The van der Waals surface area contributed by atoms with E-state index in [-0.39, 0.29) is 0 Å². The molecule has 0 aliphatic heterocycles. The van der Waals surface area contributed by atoms with Gasteiger partial charge in [-0.2, -0.15) is 5.26 Å². The molecule has 0 aliphatic carbocycles. The van der Waals surface area contributed by atoms with Crippen LogP contribution in [0.3, 0.4) is 0 Å². The Labute approximate surface area is 90.1 Å². The number of hydrogen-bond donors (Lipinski definition) is 0. The molecule has 0 saturated carbocycles. The molecule has 0 aliphatic rings. The predicted octanol–water partition coefficient (Wildman–Crippen LogP) is 3.69. The summed E-state index contributed by atoms with van der Waals surface area (Å²) in [5.41, 5.74) is 0.742. The first kappa shape index (κ1) is 11.1. The third-order valence-corrected chi connectivity index (χ3v) is 3.67. The summed E-state index contributed by atoms with van der Waals surface area (Å²) < 4.78 is 0. The summed E-state index contributed by atoms with van der Waals surface area (Å²) in [7, 11) is 0. The smallest absolute Gasteiger partial charge is 0.0992 e. The molecular formula is C12H15NS. The van der Waals surface area contributed by atoms with Crippen molar-refractivity contribution in [2.24, 2.45) is 5.92 Å². The van der Waals surface area contributed by atoms with Gasteiger partial charge in [0.15, 0.2) is 0 Å². The molecule has 74 valence electrons. The van der Waals surface area contributed by atoms with Crippen molar-refractivity contribution in [1.29, 1.82) is 5.26 Å². The fraction of sp³-hybridized carbons (Fsp3) is 0.417. The standard InChI is InChI=1S/C12H15NS/c1-9(2)10(3)14-12-6-4-5-11(7-12)8-13/h4-7,9-10H,1-3H3. The minimum atomic E-state index is 0.587. The van der Waals surface area contributed by atoms with E-state index in [9.17, 15) is 0 Å². The lowest BCUT2D eigenvalue weighted by molar-refractivity contribution is 0.642. The highest BCUT2D eigenvalue weighted by Crippen LogP contribution is 2.27. The van der Waals surface area contributed by atoms with Crippen LogP contribution in [0, 0.1) is 17.2 Å². The molecule has 2 heteroatoms. The van der Waals surface area contributed by atoms with Crippen molar-refractivity contribution < 1.29 is 0 Å². The van der Waals surface area contributed by atoms with E-state index in [2.05, 4.69) is 32.9 Å². The van der Waals surface area contributed by atoms with Gasteiger partial charge in [0.1, 0.15) is 0 Å². The Kier molecular flexibility index (Phi) is 4.03. The van der Waals surface area contributed by atoms with E-state index >= 15 is 0 Å². The highest BCUT2D eigenvalue weighted by molar-refractivity contribution is 8.00. The van der Waals surface area contributed by atoms with E-state index in [1.54, 1.807) is 0 Å². The lowest BCUT2D eigenvalue weighted by Gasteiger charge is -2.14. The highest BCUT2D eigenvalue weighted by atomic mass is 32.2. The first-order valence-corrected chi connectivity index (χ1v) is 5.68. The number of thioether (sulfide) groups is 1. The number of hydrogen-bond acceptors (Lipinski definition) is 2. The van der Waals surface area contributed by atoms with Crippen molar-refractivity contribution >= 4 is 11.8 Å². The Balaban J connectivity index is 2.73. The fourth-order valence-electron chi connectivity index (χ4n) is 0.990. The van der Waals surface area contributed by atoms with Crippen LogP contribution in [-0.2, 0) is 0 Å². The van der Waals surface area contributed by atoms with Crippen LogP contribution in [-0.4, -0.2) is 5.25 Å². The number of nitrogens with zero attached hydrogens (tertiary/aromatic N) is 1. The zero-order valence-electron chi connectivity index (χ0n) is 8.82. The molecule has 0 aromatic heterocycles. The molecular weight excluding hydrogens is 190 g/mol. The van der Waals surface area contributed by atoms with Crippen molar-refractivity contribution in [3.63, 3.8) is 0 Å². The molecule has 0 spiro atoms. The Morgan fingerprint density at radius 1 is 1.29 bits per heavy atom. The van der Waals surface area contributed by atoms with Gasteiger partial charge >= 0.3 is 0 Å². The van der Waals surface area contributed by atoms with Gasteiger partial charge < -0.3 is 0 Å². The molecule has 0 heterocycles. The lowest BCUT2D eigenvalue weighted by atomic mass is 10.2. The summed E-state index contributed by atoms with van der Waals surface area (Å²) in [5.74, 6) is 0.658. The van der Waals surface area contributed by atoms with E-state index in [4.69, 9.17) is 5.26 Å². The first-order chi connectivity index (χ1) is 6.63. The van der Waals surface area contributed by atoms with Crippen LogP contribution in [0.25, 0.3) is 0 Å². The van der Waals surface area contributed by atoms with Crippen LogP contribution in [0.5, 0.6) is 0 Å². The maximum atomic E-state index is 8.75. The Morgan fingerprint density at radius 2 is 2.00 bits per heavy atom. The van der Waals surface area contributed by atoms with Crippen LogP contribution in [0.4, 0.5) is 0 Å². The minimum absolute atomic E-state index is 0.587. The van der Waals surface area contributed by atoms with Crippen molar-refractivity contribution in [1.82, 2.24) is 0 Å². The Hall–Kier alpha value is -0.940. The van der Waals surface area contributed by atoms with E-state index < -0.39 is 0 Å². The fourth-order valence-corrected chi connectivity index (χ4v) is 2.04. The van der Waals surface area contributed by atoms with E-state index in [1.807, 2.05) is 30.0 Å². The maximum Gasteiger partial charge on any atom is 0.0992 e. The molecule has 1 aromatic rings. The molecule has 0 radical (unpaired) electrons. The predicted molar refractivity (Wildman–Crippen MR) is 61.3 cm³/mol. The summed E-state index contributed by atoms with van der Waals surface area (Å²) in [6.45, 7) is 6.64. The van der Waals surface area contributed by atoms with Crippen LogP contribution < -0.4 is 0 Å². The van der Waals surface area contributed by atoms with Crippen LogP contribution >= 0.6 is 11.8 Å². The maximum absolute atomic E-state index is 8.75. The molecule has 1 rings (SSSR count). The minimum Gasteiger partial charge on any atom is -0.192 e. The summed E-state index contributed by atoms with van der Waals surface area (Å²) >= 11 is 1.83. The van der Waals surface area contributed by atoms with Crippen molar-refractivity contribution in [2.45, 2.75) is 30.9 Å². The molecule has 0 amide bonds. The number of nitriles is 1. The van der Waals surface area contributed by atoms with E-state index in [0.717, 1.165) is 5.56 Å². The topological polar surface area (TPSA) is 23.8 Å². The molecule has 1 atom stereocenters. The van der Waals surface area contributed by atoms with Gasteiger partial charge in [0.05, 0.1) is 11.6 Å². The average molecular weight is 205 g/mol. The second-order valence-corrected chi connectivity index (χ2v) is 5.16. The summed E-state index contributed by atoms with van der Waals surface area (Å²) in [6.07, 6.45) is 0. The van der Waals surface area contributed by atoms with Gasteiger partial charge in [-0.15, -0.1) is 11.8 Å². The van der Waals surface area contributed by atoms with Crippen LogP contribution in [0.15, 0.2) is 29.2 Å². The molecule has 0 fully saturated rings. The van der Waals surface area contributed by atoms with Crippen molar-refractivity contribution in [3.05, 3.63) is 29.8 Å². The Bertz CT molecular complexity index is 338. The quantitative estimate of drug-likeness (QED) is 0.703. The molecule has 0 saturated heterocycles. The van der Waals surface area contributed by atoms with Gasteiger partial charge in [-0.05, 0) is 24.1 Å². The van der Waals surface area contributed by atoms with Gasteiger partial charge in [0.2, 0.25) is 0 Å². The summed E-state index contributed by atoms with van der Waals surface area (Å²) in [4.78, 5) is 1.19. The molecule has 1 unspecified atom stereocenters. The highest BCUT2D eigenvalue weighted by Gasteiger charge is 2.08. The van der Waals surface area contributed by atoms with Crippen LogP contribution in [0.1, 0.15) is 26.3 Å². The third kappa shape index (κ3) is 3.08. The normalized spacial score (nSPS) is 12.5. The second kappa shape index (κ2) is 5.07. The first-order valence-electron chi connectivity index (χ1n) is 4.80. The Morgan fingerprint density at radius 3 is 2.57 bits per heavy atom. The van der Waals surface area contributed by atoms with Gasteiger partial charge in [-0.1, -0.05) is 26.8 Å². The molecule has 0 N–H and O–H groups in total. The largest absolute Gasteiger partial charge is 0.192 e. The number of benzene rings is 1. The van der Waals surface area contributed by atoms with Crippen LogP contribution in [0.2, 0.25) is 0 Å². The second-order valence-electron chi connectivity index (χ2n) is 3.71. The molecule has 14 heavy (non-hydrogen) atoms. The third-order valence-electron chi connectivity index (χ3n) is 2.22. The van der Waals surface area contributed by atoms with Crippen molar-refractivity contribution in [2.75, 3.05) is 0 Å².